The van der Waals surface area contributed by atoms with Gasteiger partial charge in [-0.05, 0) is 61.6 Å². The molecule has 3 N–H and O–H groups in total. The smallest absolute Gasteiger partial charge is 0.243 e. The third-order valence-electron chi connectivity index (χ3n) is 5.98. The lowest BCUT2D eigenvalue weighted by Gasteiger charge is -2.36. The summed E-state index contributed by atoms with van der Waals surface area (Å²) in [5.74, 6) is 0.764. The molecule has 4 rings (SSSR count). The van der Waals surface area contributed by atoms with E-state index < -0.39 is 0 Å². The second-order valence-electron chi connectivity index (χ2n) is 7.87. The standard InChI is InChI=1S/C22H27N5O2/c1-23-22(29)10-4-14-3-7-18(20(28)11-14)19-8-9-21(26-25-19)27(2)17-12-15-5-6-16(13-17)24-15/h3-4,7-11,15-17,24,28H,5-6,12-13H2,1-2H3,(H,23,29)/b10-4+/t15-,16?,17-/m0/s1. The van der Waals surface area contributed by atoms with Gasteiger partial charge in [0.1, 0.15) is 5.75 Å². The summed E-state index contributed by atoms with van der Waals surface area (Å²) in [5.41, 5.74) is 1.97. The molecule has 3 atom stereocenters. The molecule has 3 heterocycles. The molecule has 2 bridgehead atoms. The predicted octanol–water partition coefficient (Wildman–Crippen LogP) is 2.33. The molecular formula is C22H27N5O2. The molecule has 1 aromatic heterocycles. The van der Waals surface area contributed by atoms with Crippen LogP contribution in [0.5, 0.6) is 5.75 Å². The number of phenols is 1. The first kappa shape index (κ1) is 19.4. The molecule has 2 aliphatic rings. The zero-order valence-electron chi connectivity index (χ0n) is 16.8. The molecule has 0 radical (unpaired) electrons. The molecule has 152 valence electrons. The number of carbonyl (C=O) groups is 1. The SMILES string of the molecule is CNC(=O)/C=C/c1ccc(-c2ccc(N(C)[C@@H]3CC4CC[C@@H](C3)N4)nn2)c(O)c1. The summed E-state index contributed by atoms with van der Waals surface area (Å²) in [4.78, 5) is 13.5. The van der Waals surface area contributed by atoms with Crippen LogP contribution in [0.3, 0.4) is 0 Å². The number of anilines is 1. The van der Waals surface area contributed by atoms with E-state index >= 15 is 0 Å². The molecule has 1 aromatic carbocycles. The lowest BCUT2D eigenvalue weighted by molar-refractivity contribution is -0.115. The number of amides is 1. The molecule has 2 saturated heterocycles. The Hall–Kier alpha value is -2.93. The Labute approximate surface area is 170 Å². The first-order chi connectivity index (χ1) is 14.0. The fraction of sp³-hybridized carbons (Fsp3) is 0.409. The van der Waals surface area contributed by atoms with Gasteiger partial charge in [-0.2, -0.15) is 0 Å². The van der Waals surface area contributed by atoms with Gasteiger partial charge in [0.25, 0.3) is 0 Å². The van der Waals surface area contributed by atoms with Crippen LogP contribution < -0.4 is 15.5 Å². The minimum Gasteiger partial charge on any atom is -0.507 e. The zero-order chi connectivity index (χ0) is 20.4. The second-order valence-corrected chi connectivity index (χ2v) is 7.87. The number of aromatic hydroxyl groups is 1. The number of carbonyl (C=O) groups excluding carboxylic acids is 1. The van der Waals surface area contributed by atoms with Gasteiger partial charge in [-0.25, -0.2) is 0 Å². The van der Waals surface area contributed by atoms with Crippen molar-refractivity contribution in [2.45, 2.75) is 43.8 Å². The van der Waals surface area contributed by atoms with Gasteiger partial charge >= 0.3 is 0 Å². The van der Waals surface area contributed by atoms with E-state index in [9.17, 15) is 9.90 Å². The van der Waals surface area contributed by atoms with E-state index in [4.69, 9.17) is 0 Å². The Bertz CT molecular complexity index is 900. The van der Waals surface area contributed by atoms with E-state index in [0.29, 0.717) is 29.4 Å². The van der Waals surface area contributed by atoms with Crippen LogP contribution in [-0.2, 0) is 4.79 Å². The molecule has 0 aliphatic carbocycles. The van der Waals surface area contributed by atoms with E-state index in [2.05, 4.69) is 32.8 Å². The quantitative estimate of drug-likeness (QED) is 0.676. The number of benzene rings is 1. The molecule has 7 heteroatoms. The van der Waals surface area contributed by atoms with Crippen molar-refractivity contribution in [2.24, 2.45) is 0 Å². The molecule has 1 unspecified atom stereocenters. The Kier molecular flexibility index (Phi) is 5.49. The number of aromatic nitrogens is 2. The highest BCUT2D eigenvalue weighted by Crippen LogP contribution is 2.32. The second kappa shape index (κ2) is 8.21. The maximum absolute atomic E-state index is 11.3. The van der Waals surface area contributed by atoms with Crippen molar-refractivity contribution < 1.29 is 9.90 Å². The molecule has 0 saturated carbocycles. The first-order valence-electron chi connectivity index (χ1n) is 10.1. The molecule has 1 amide bonds. The highest BCUT2D eigenvalue weighted by atomic mass is 16.3. The van der Waals surface area contributed by atoms with Crippen molar-refractivity contribution in [3.8, 4) is 17.0 Å². The van der Waals surface area contributed by atoms with Gasteiger partial charge in [-0.15, -0.1) is 10.2 Å². The number of phenolic OH excluding ortho intramolecular Hbond substituents is 1. The predicted molar refractivity (Wildman–Crippen MR) is 114 cm³/mol. The topological polar surface area (TPSA) is 90.4 Å². The normalized spacial score (nSPS) is 23.3. The monoisotopic (exact) mass is 393 g/mol. The Balaban J connectivity index is 1.47. The van der Waals surface area contributed by atoms with Crippen LogP contribution in [0.4, 0.5) is 5.82 Å². The molecule has 0 spiro atoms. The van der Waals surface area contributed by atoms with E-state index in [-0.39, 0.29) is 11.7 Å². The van der Waals surface area contributed by atoms with Crippen LogP contribution in [-0.4, -0.2) is 53.4 Å². The number of rotatable bonds is 5. The van der Waals surface area contributed by atoms with Crippen molar-refractivity contribution in [3.05, 3.63) is 42.0 Å². The lowest BCUT2D eigenvalue weighted by atomic mass is 9.98. The van der Waals surface area contributed by atoms with Crippen LogP contribution in [0.2, 0.25) is 0 Å². The number of nitrogens with zero attached hydrogens (tertiary/aromatic N) is 3. The summed E-state index contributed by atoms with van der Waals surface area (Å²) in [5, 5.41) is 25.3. The van der Waals surface area contributed by atoms with Crippen LogP contribution in [0.25, 0.3) is 17.3 Å². The molecule has 29 heavy (non-hydrogen) atoms. The molecule has 2 aliphatic heterocycles. The third-order valence-corrected chi connectivity index (χ3v) is 5.98. The molecular weight excluding hydrogens is 366 g/mol. The van der Waals surface area contributed by atoms with Crippen molar-refractivity contribution in [3.63, 3.8) is 0 Å². The number of nitrogens with one attached hydrogen (secondary N) is 2. The van der Waals surface area contributed by atoms with Crippen LogP contribution >= 0.6 is 0 Å². The van der Waals surface area contributed by atoms with E-state index in [0.717, 1.165) is 24.2 Å². The van der Waals surface area contributed by atoms with Gasteiger partial charge in [0.05, 0.1) is 5.69 Å². The first-order valence-corrected chi connectivity index (χ1v) is 10.1. The van der Waals surface area contributed by atoms with Gasteiger partial charge in [-0.1, -0.05) is 6.07 Å². The van der Waals surface area contributed by atoms with Gasteiger partial charge in [-0.3, -0.25) is 4.79 Å². The fourth-order valence-electron chi connectivity index (χ4n) is 4.31. The number of likely N-dealkylation sites (N-methyl/N-ethyl adjacent to an activating group) is 1. The summed E-state index contributed by atoms with van der Waals surface area (Å²) >= 11 is 0. The average Bonchev–Trinajstić information content (AvgIpc) is 3.09. The average molecular weight is 393 g/mol. The fourth-order valence-corrected chi connectivity index (χ4v) is 4.31. The zero-order valence-corrected chi connectivity index (χ0v) is 16.8. The lowest BCUT2D eigenvalue weighted by Crippen LogP contribution is -2.47. The van der Waals surface area contributed by atoms with Gasteiger partial charge in [0.15, 0.2) is 5.82 Å². The summed E-state index contributed by atoms with van der Waals surface area (Å²) in [6.07, 6.45) is 7.90. The van der Waals surface area contributed by atoms with Gasteiger partial charge in [0.2, 0.25) is 5.91 Å². The maximum Gasteiger partial charge on any atom is 0.243 e. The van der Waals surface area contributed by atoms with E-state index in [1.165, 1.54) is 18.9 Å². The number of piperidine rings is 1. The summed E-state index contributed by atoms with van der Waals surface area (Å²) < 4.78 is 0. The van der Waals surface area contributed by atoms with Crippen molar-refractivity contribution in [2.75, 3.05) is 19.0 Å². The summed E-state index contributed by atoms with van der Waals surface area (Å²) in [6, 6.07) is 10.8. The Morgan fingerprint density at radius 1 is 1.21 bits per heavy atom. The summed E-state index contributed by atoms with van der Waals surface area (Å²) in [7, 11) is 3.66. The Morgan fingerprint density at radius 2 is 1.97 bits per heavy atom. The number of fused-ring (bicyclic) bond motifs is 2. The van der Waals surface area contributed by atoms with Gasteiger partial charge in [0, 0.05) is 43.9 Å². The number of hydrogen-bond donors (Lipinski definition) is 3. The number of hydrogen-bond acceptors (Lipinski definition) is 6. The maximum atomic E-state index is 11.3. The van der Waals surface area contributed by atoms with E-state index in [1.54, 1.807) is 25.3 Å². The highest BCUT2D eigenvalue weighted by molar-refractivity contribution is 5.91. The van der Waals surface area contributed by atoms with Gasteiger partial charge < -0.3 is 20.6 Å². The minimum atomic E-state index is -0.194. The highest BCUT2D eigenvalue weighted by Gasteiger charge is 2.35. The molecule has 7 nitrogen and oxygen atoms in total. The molecule has 2 aromatic rings. The van der Waals surface area contributed by atoms with Crippen molar-refractivity contribution >= 4 is 17.8 Å². The summed E-state index contributed by atoms with van der Waals surface area (Å²) in [6.45, 7) is 0. The van der Waals surface area contributed by atoms with E-state index in [1.807, 2.05) is 18.2 Å². The largest absolute Gasteiger partial charge is 0.507 e. The minimum absolute atomic E-state index is 0.106. The van der Waals surface area contributed by atoms with Crippen LogP contribution in [0, 0.1) is 0 Å². The van der Waals surface area contributed by atoms with Crippen molar-refractivity contribution in [1.29, 1.82) is 0 Å². The van der Waals surface area contributed by atoms with Crippen molar-refractivity contribution in [1.82, 2.24) is 20.8 Å². The van der Waals surface area contributed by atoms with Crippen LogP contribution in [0.1, 0.15) is 31.2 Å². The Morgan fingerprint density at radius 3 is 2.59 bits per heavy atom. The molecule has 2 fully saturated rings. The van der Waals surface area contributed by atoms with Crippen LogP contribution in [0.15, 0.2) is 36.4 Å². The third kappa shape index (κ3) is 4.24.